The van der Waals surface area contributed by atoms with Gasteiger partial charge < -0.3 is 0 Å². The van der Waals surface area contributed by atoms with E-state index in [4.69, 9.17) is 0 Å². The second-order valence-electron chi connectivity index (χ2n) is 5.00. The molecule has 0 aromatic heterocycles. The van der Waals surface area contributed by atoms with Crippen LogP contribution in [0.3, 0.4) is 0 Å². The van der Waals surface area contributed by atoms with Crippen LogP contribution in [0.4, 0.5) is 0 Å². The van der Waals surface area contributed by atoms with Crippen LogP contribution in [0, 0.1) is 0 Å². The maximum atomic E-state index is 2.35. The van der Waals surface area contributed by atoms with Crippen molar-refractivity contribution in [1.29, 1.82) is 0 Å². The average molecular weight is 300 g/mol. The zero-order valence-electron chi connectivity index (χ0n) is 10.2. The summed E-state index contributed by atoms with van der Waals surface area (Å²) in [6.07, 6.45) is 5.89. The summed E-state index contributed by atoms with van der Waals surface area (Å²) in [7, 11) is 0. The Kier molecular flexibility index (Phi) is 6.60. The van der Waals surface area contributed by atoms with E-state index in [9.17, 15) is 0 Å². The van der Waals surface area contributed by atoms with Crippen molar-refractivity contribution in [2.75, 3.05) is 26.2 Å². The van der Waals surface area contributed by atoms with Crippen LogP contribution in [-0.4, -0.2) is 53.6 Å². The number of hydrogen-bond donors (Lipinski definition) is 0. The van der Waals surface area contributed by atoms with Crippen molar-refractivity contribution < 1.29 is 4.48 Å². The number of rotatable bonds is 4. The first-order valence-electron chi connectivity index (χ1n) is 6.68. The van der Waals surface area contributed by atoms with Crippen molar-refractivity contribution in [2.24, 2.45) is 0 Å². The van der Waals surface area contributed by atoms with Crippen LogP contribution in [0.2, 0.25) is 8.35 Å². The van der Waals surface area contributed by atoms with Crippen LogP contribution in [0.25, 0.3) is 0 Å². The molecule has 0 N–H and O–H groups in total. The van der Waals surface area contributed by atoms with Gasteiger partial charge in [0.2, 0.25) is 0 Å². The molecule has 0 aromatic carbocycles. The Balaban J connectivity index is 2.50. The monoisotopic (exact) mass is 300 g/mol. The summed E-state index contributed by atoms with van der Waals surface area (Å²) in [5.41, 5.74) is 0. The van der Waals surface area contributed by atoms with Crippen LogP contribution >= 0.6 is 0 Å². The molecule has 1 nitrogen and oxygen atoms in total. The molecule has 0 saturated carbocycles. The minimum atomic E-state index is -0.208. The zero-order chi connectivity index (χ0) is 10.3. The summed E-state index contributed by atoms with van der Waals surface area (Å²) in [6, 6.07) is 0. The van der Waals surface area contributed by atoms with E-state index < -0.39 is 0 Å². The molecule has 14 heavy (non-hydrogen) atoms. The molecule has 1 heterocycles. The summed E-state index contributed by atoms with van der Waals surface area (Å²) < 4.78 is 4.85. The molecule has 0 aromatic rings. The molecule has 1 saturated heterocycles. The van der Waals surface area contributed by atoms with Crippen molar-refractivity contribution in [2.45, 2.75) is 47.9 Å². The second kappa shape index (κ2) is 7.16. The van der Waals surface area contributed by atoms with Gasteiger partial charge in [0.25, 0.3) is 0 Å². The van der Waals surface area contributed by atoms with Crippen LogP contribution in [-0.2, 0) is 0 Å². The Morgan fingerprint density at radius 3 is 1.86 bits per heavy atom. The van der Waals surface area contributed by atoms with Crippen molar-refractivity contribution in [1.82, 2.24) is 0 Å². The van der Waals surface area contributed by atoms with Gasteiger partial charge in [-0.3, -0.25) is 0 Å². The molecule has 0 radical (unpaired) electrons. The predicted molar refractivity (Wildman–Crippen MR) is 66.3 cm³/mol. The molecule has 82 valence electrons. The van der Waals surface area contributed by atoms with Crippen molar-refractivity contribution in [3.63, 3.8) is 0 Å². The van der Waals surface area contributed by atoms with E-state index in [1.54, 1.807) is 21.2 Å². The first-order valence-corrected chi connectivity index (χ1v) is 12.4. The molecule has 0 aliphatic carbocycles. The Hall–Kier alpha value is 0.830. The first kappa shape index (κ1) is 12.9. The van der Waals surface area contributed by atoms with Gasteiger partial charge in [-0.15, -0.1) is 0 Å². The molecule has 1 rings (SSSR count). The SMILES string of the molecule is CCC[N+]1(CCC)CC[CH2][InH][CH2]CC1. The average Bonchev–Trinajstić information content (AvgIpc) is 2.12. The van der Waals surface area contributed by atoms with Gasteiger partial charge in [0.1, 0.15) is 0 Å². The predicted octanol–water partition coefficient (Wildman–Crippen LogP) is 2.69. The van der Waals surface area contributed by atoms with Gasteiger partial charge in [-0.05, 0) is 0 Å². The van der Waals surface area contributed by atoms with Crippen LogP contribution in [0.5, 0.6) is 0 Å². The summed E-state index contributed by atoms with van der Waals surface area (Å²) in [6.45, 7) is 10.6. The molecule has 1 fully saturated rings. The Morgan fingerprint density at radius 2 is 1.43 bits per heavy atom. The van der Waals surface area contributed by atoms with E-state index in [0.717, 1.165) is 0 Å². The molecule has 0 amide bonds. The molecule has 1 aliphatic rings. The fraction of sp³-hybridized carbons (Fsp3) is 1.00. The van der Waals surface area contributed by atoms with Gasteiger partial charge in [-0.2, -0.15) is 0 Å². The number of hydrogen-bond acceptors (Lipinski definition) is 0. The molecule has 0 spiro atoms. The minimum absolute atomic E-state index is 0.208. The third-order valence-electron chi connectivity index (χ3n) is 3.66. The summed E-state index contributed by atoms with van der Waals surface area (Å²) >= 11 is -0.208. The first-order chi connectivity index (χ1) is 6.83. The molecular weight excluding hydrogens is 273 g/mol. The van der Waals surface area contributed by atoms with E-state index in [2.05, 4.69) is 13.8 Å². The van der Waals surface area contributed by atoms with Gasteiger partial charge in [0.05, 0.1) is 0 Å². The van der Waals surface area contributed by atoms with Gasteiger partial charge in [0, 0.05) is 0 Å². The standard InChI is InChI=1S/C12H26N.In.H/c1-5-9-13(10-6-2,11-7-3)12-8-4;;/h1-2,5-12H2,3-4H3;;/q+1;;. The van der Waals surface area contributed by atoms with Gasteiger partial charge in [-0.25, -0.2) is 0 Å². The van der Waals surface area contributed by atoms with Gasteiger partial charge in [-0.1, -0.05) is 0 Å². The van der Waals surface area contributed by atoms with Crippen LogP contribution in [0.1, 0.15) is 39.5 Å². The summed E-state index contributed by atoms with van der Waals surface area (Å²) in [4.78, 5) is 0. The molecule has 0 atom stereocenters. The van der Waals surface area contributed by atoms with E-state index in [1.165, 1.54) is 43.5 Å². The fourth-order valence-corrected chi connectivity index (χ4v) is 7.35. The maximum absolute atomic E-state index is 2.35. The quantitative estimate of drug-likeness (QED) is 0.700. The Morgan fingerprint density at radius 1 is 0.929 bits per heavy atom. The normalized spacial score (nSPS) is 22.1. The third kappa shape index (κ3) is 4.14. The molecular formula is C12H27InN+. The van der Waals surface area contributed by atoms with Crippen LogP contribution < -0.4 is 0 Å². The zero-order valence-corrected chi connectivity index (χ0v) is 14.3. The Labute approximate surface area is 101 Å². The molecule has 1 aliphatic heterocycles. The Bertz CT molecular complexity index is 131. The topological polar surface area (TPSA) is 0 Å². The molecule has 0 bridgehead atoms. The van der Waals surface area contributed by atoms with E-state index in [1.807, 2.05) is 0 Å². The number of quaternary nitrogens is 1. The van der Waals surface area contributed by atoms with Gasteiger partial charge >= 0.3 is 101 Å². The van der Waals surface area contributed by atoms with E-state index >= 15 is 0 Å². The number of nitrogens with zero attached hydrogens (tertiary/aromatic N) is 1. The fourth-order valence-electron chi connectivity index (χ4n) is 3.04. The molecule has 2 heteroatoms. The van der Waals surface area contributed by atoms with Crippen molar-refractivity contribution in [3.8, 4) is 0 Å². The summed E-state index contributed by atoms with van der Waals surface area (Å²) in [5.74, 6) is 0. The third-order valence-corrected chi connectivity index (χ3v) is 9.37. The van der Waals surface area contributed by atoms with E-state index in [-0.39, 0.29) is 22.9 Å². The molecule has 0 unspecified atom stereocenters. The van der Waals surface area contributed by atoms with Crippen molar-refractivity contribution >= 4 is 22.9 Å². The van der Waals surface area contributed by atoms with Gasteiger partial charge in [0.15, 0.2) is 0 Å². The van der Waals surface area contributed by atoms with Crippen molar-refractivity contribution in [3.05, 3.63) is 0 Å². The second-order valence-corrected chi connectivity index (χ2v) is 11.1. The summed E-state index contributed by atoms with van der Waals surface area (Å²) in [5, 5.41) is 0. The van der Waals surface area contributed by atoms with E-state index in [0.29, 0.717) is 0 Å². The van der Waals surface area contributed by atoms with Crippen LogP contribution in [0.15, 0.2) is 0 Å².